The molecule has 11 heavy (non-hydrogen) atoms. The topological polar surface area (TPSA) is 64.4 Å². The van der Waals surface area contributed by atoms with E-state index in [0.717, 1.165) is 19.5 Å². The molecule has 3 N–H and O–H groups in total. The van der Waals surface area contributed by atoms with Crippen molar-refractivity contribution in [1.82, 2.24) is 5.32 Å². The second-order valence-electron chi connectivity index (χ2n) is 2.70. The van der Waals surface area contributed by atoms with Gasteiger partial charge in [-0.1, -0.05) is 0 Å². The predicted octanol–water partition coefficient (Wildman–Crippen LogP) is -0.760. The minimum absolute atomic E-state index is 0.0301. The fourth-order valence-electron chi connectivity index (χ4n) is 1.15. The van der Waals surface area contributed by atoms with Crippen molar-refractivity contribution in [2.75, 3.05) is 19.7 Å². The van der Waals surface area contributed by atoms with Gasteiger partial charge >= 0.3 is 0 Å². The van der Waals surface area contributed by atoms with Crippen molar-refractivity contribution in [2.24, 2.45) is 5.73 Å². The molecule has 4 nitrogen and oxygen atoms in total. The molecule has 1 fully saturated rings. The highest BCUT2D eigenvalue weighted by Gasteiger charge is 2.13. The Morgan fingerprint density at radius 1 is 1.64 bits per heavy atom. The Bertz CT molecular complexity index is 130. The van der Waals surface area contributed by atoms with E-state index < -0.39 is 0 Å². The van der Waals surface area contributed by atoms with E-state index in [4.69, 9.17) is 10.5 Å². The molecule has 4 heteroatoms. The van der Waals surface area contributed by atoms with Crippen molar-refractivity contribution < 1.29 is 9.53 Å². The standard InChI is InChI=1S/C7H14N2O2/c8-7(10)5-6-1-2-9-3-4-11-6/h6,9H,1-5H2,(H2,8,10). The van der Waals surface area contributed by atoms with Gasteiger partial charge in [-0.05, 0) is 13.0 Å². The number of carbonyl (C=O) groups excluding carboxylic acids is 1. The molecule has 1 aliphatic heterocycles. The summed E-state index contributed by atoms with van der Waals surface area (Å²) >= 11 is 0. The minimum Gasteiger partial charge on any atom is -0.376 e. The summed E-state index contributed by atoms with van der Waals surface area (Å²) in [6.07, 6.45) is 1.26. The molecule has 0 aromatic rings. The van der Waals surface area contributed by atoms with Gasteiger partial charge in [0, 0.05) is 6.54 Å². The second kappa shape index (κ2) is 4.31. The molecule has 1 atom stereocenters. The van der Waals surface area contributed by atoms with Gasteiger partial charge in [-0.2, -0.15) is 0 Å². The minimum atomic E-state index is -0.281. The van der Waals surface area contributed by atoms with Crippen LogP contribution in [0, 0.1) is 0 Å². The highest BCUT2D eigenvalue weighted by atomic mass is 16.5. The van der Waals surface area contributed by atoms with E-state index in [-0.39, 0.29) is 12.0 Å². The molecule has 1 heterocycles. The van der Waals surface area contributed by atoms with Crippen molar-refractivity contribution in [1.29, 1.82) is 0 Å². The van der Waals surface area contributed by atoms with Crippen molar-refractivity contribution in [3.8, 4) is 0 Å². The zero-order valence-electron chi connectivity index (χ0n) is 6.51. The van der Waals surface area contributed by atoms with Gasteiger partial charge in [0.1, 0.15) is 0 Å². The predicted molar refractivity (Wildman–Crippen MR) is 41.0 cm³/mol. The van der Waals surface area contributed by atoms with E-state index in [1.807, 2.05) is 0 Å². The number of carbonyl (C=O) groups is 1. The molecule has 1 rings (SSSR count). The number of primary amides is 1. The Morgan fingerprint density at radius 3 is 3.18 bits per heavy atom. The normalized spacial score (nSPS) is 26.0. The number of ether oxygens (including phenoxy) is 1. The van der Waals surface area contributed by atoms with E-state index in [2.05, 4.69) is 5.32 Å². The van der Waals surface area contributed by atoms with Crippen LogP contribution in [0.15, 0.2) is 0 Å². The molecule has 0 aliphatic carbocycles. The molecule has 0 aromatic carbocycles. The van der Waals surface area contributed by atoms with Crippen LogP contribution in [0.1, 0.15) is 12.8 Å². The van der Waals surface area contributed by atoms with Crippen LogP contribution in [0.5, 0.6) is 0 Å². The zero-order valence-corrected chi connectivity index (χ0v) is 6.51. The van der Waals surface area contributed by atoms with Gasteiger partial charge in [0.25, 0.3) is 0 Å². The monoisotopic (exact) mass is 158 g/mol. The summed E-state index contributed by atoms with van der Waals surface area (Å²) in [7, 11) is 0. The molecular formula is C7H14N2O2. The summed E-state index contributed by atoms with van der Waals surface area (Å²) in [6, 6.07) is 0. The first kappa shape index (κ1) is 8.49. The Hall–Kier alpha value is -0.610. The first-order valence-electron chi connectivity index (χ1n) is 3.89. The van der Waals surface area contributed by atoms with Crippen LogP contribution < -0.4 is 11.1 Å². The molecule has 1 aliphatic rings. The van der Waals surface area contributed by atoms with Gasteiger partial charge < -0.3 is 15.8 Å². The lowest BCUT2D eigenvalue weighted by Gasteiger charge is -2.11. The first-order chi connectivity index (χ1) is 5.29. The van der Waals surface area contributed by atoms with Gasteiger partial charge in [-0.15, -0.1) is 0 Å². The molecule has 1 unspecified atom stereocenters. The van der Waals surface area contributed by atoms with E-state index in [1.165, 1.54) is 0 Å². The Kier molecular flexibility index (Phi) is 3.32. The van der Waals surface area contributed by atoms with Gasteiger partial charge in [-0.25, -0.2) is 0 Å². The molecular weight excluding hydrogens is 144 g/mol. The fourth-order valence-corrected chi connectivity index (χ4v) is 1.15. The third-order valence-electron chi connectivity index (χ3n) is 1.70. The summed E-state index contributed by atoms with van der Waals surface area (Å²) in [5.41, 5.74) is 5.03. The summed E-state index contributed by atoms with van der Waals surface area (Å²) in [5, 5.41) is 3.17. The van der Waals surface area contributed by atoms with Crippen molar-refractivity contribution in [2.45, 2.75) is 18.9 Å². The number of hydrogen-bond acceptors (Lipinski definition) is 3. The maximum absolute atomic E-state index is 10.5. The lowest BCUT2D eigenvalue weighted by molar-refractivity contribution is -0.120. The van der Waals surface area contributed by atoms with Crippen LogP contribution in [0.2, 0.25) is 0 Å². The molecule has 0 bridgehead atoms. The van der Waals surface area contributed by atoms with Crippen molar-refractivity contribution in [3.05, 3.63) is 0 Å². The Morgan fingerprint density at radius 2 is 2.45 bits per heavy atom. The van der Waals surface area contributed by atoms with Gasteiger partial charge in [0.05, 0.1) is 19.1 Å². The summed E-state index contributed by atoms with van der Waals surface area (Å²) in [4.78, 5) is 10.5. The van der Waals surface area contributed by atoms with Crippen molar-refractivity contribution >= 4 is 5.91 Å². The van der Waals surface area contributed by atoms with Crippen LogP contribution >= 0.6 is 0 Å². The van der Waals surface area contributed by atoms with Gasteiger partial charge in [0.15, 0.2) is 0 Å². The van der Waals surface area contributed by atoms with E-state index >= 15 is 0 Å². The third-order valence-corrected chi connectivity index (χ3v) is 1.70. The highest BCUT2D eigenvalue weighted by molar-refractivity contribution is 5.74. The van der Waals surface area contributed by atoms with Crippen LogP contribution in [-0.2, 0) is 9.53 Å². The number of nitrogens with one attached hydrogen (secondary N) is 1. The Balaban J connectivity index is 2.25. The van der Waals surface area contributed by atoms with Gasteiger partial charge in [-0.3, -0.25) is 4.79 Å². The second-order valence-corrected chi connectivity index (χ2v) is 2.70. The van der Waals surface area contributed by atoms with E-state index in [0.29, 0.717) is 13.0 Å². The maximum atomic E-state index is 10.5. The SMILES string of the molecule is NC(=O)CC1CCNCCO1. The molecule has 64 valence electrons. The van der Waals surface area contributed by atoms with Gasteiger partial charge in [0.2, 0.25) is 5.91 Å². The quantitative estimate of drug-likeness (QED) is 0.555. The fraction of sp³-hybridized carbons (Fsp3) is 0.857. The molecule has 0 radical (unpaired) electrons. The number of rotatable bonds is 2. The highest BCUT2D eigenvalue weighted by Crippen LogP contribution is 2.04. The van der Waals surface area contributed by atoms with Crippen LogP contribution in [-0.4, -0.2) is 31.7 Å². The van der Waals surface area contributed by atoms with E-state index in [9.17, 15) is 4.79 Å². The third kappa shape index (κ3) is 3.34. The maximum Gasteiger partial charge on any atom is 0.220 e. The molecule has 1 saturated heterocycles. The van der Waals surface area contributed by atoms with Crippen molar-refractivity contribution in [3.63, 3.8) is 0 Å². The first-order valence-corrected chi connectivity index (χ1v) is 3.89. The lowest BCUT2D eigenvalue weighted by Crippen LogP contribution is -2.23. The van der Waals surface area contributed by atoms with E-state index in [1.54, 1.807) is 0 Å². The average molecular weight is 158 g/mol. The average Bonchev–Trinajstić information content (AvgIpc) is 2.14. The number of amides is 1. The van der Waals surface area contributed by atoms with Crippen LogP contribution in [0.4, 0.5) is 0 Å². The lowest BCUT2D eigenvalue weighted by atomic mass is 10.2. The van der Waals surface area contributed by atoms with Crippen LogP contribution in [0.25, 0.3) is 0 Å². The molecule has 0 saturated carbocycles. The molecule has 1 amide bonds. The Labute approximate surface area is 66.1 Å². The number of nitrogens with two attached hydrogens (primary N) is 1. The smallest absolute Gasteiger partial charge is 0.220 e. The molecule has 0 spiro atoms. The zero-order chi connectivity index (χ0) is 8.10. The summed E-state index contributed by atoms with van der Waals surface area (Å²) < 4.78 is 5.35. The summed E-state index contributed by atoms with van der Waals surface area (Å²) in [6.45, 7) is 2.46. The number of hydrogen-bond donors (Lipinski definition) is 2. The largest absolute Gasteiger partial charge is 0.376 e. The summed E-state index contributed by atoms with van der Waals surface area (Å²) in [5.74, 6) is -0.281. The molecule has 0 aromatic heterocycles. The van der Waals surface area contributed by atoms with Crippen LogP contribution in [0.3, 0.4) is 0 Å².